The molecule has 1 aromatic heterocycles. The molecule has 6 heteroatoms. The first-order valence-electron chi connectivity index (χ1n) is 5.24. The summed E-state index contributed by atoms with van der Waals surface area (Å²) in [5, 5.41) is 8.76. The van der Waals surface area contributed by atoms with Crippen LogP contribution in [0, 0.1) is 17.2 Å². The van der Waals surface area contributed by atoms with Crippen LogP contribution >= 0.6 is 15.9 Å². The molecule has 0 fully saturated rings. The molecule has 5 nitrogen and oxygen atoms in total. The molecule has 0 bridgehead atoms. The van der Waals surface area contributed by atoms with Crippen molar-refractivity contribution < 1.29 is 4.79 Å². The molecule has 0 spiro atoms. The van der Waals surface area contributed by atoms with Gasteiger partial charge in [0.15, 0.2) is 0 Å². The van der Waals surface area contributed by atoms with Crippen molar-refractivity contribution in [2.75, 3.05) is 13.1 Å². The van der Waals surface area contributed by atoms with E-state index < -0.39 is 0 Å². The third kappa shape index (κ3) is 3.49. The SMILES string of the molecule is CCN(C[C@H](C)C#N)C(=O)c1ncncc1Br. The lowest BCUT2D eigenvalue weighted by molar-refractivity contribution is 0.0745. The van der Waals surface area contributed by atoms with Crippen molar-refractivity contribution in [1.82, 2.24) is 14.9 Å². The summed E-state index contributed by atoms with van der Waals surface area (Å²) in [6.07, 6.45) is 2.86. The number of hydrogen-bond acceptors (Lipinski definition) is 4. The molecule has 0 radical (unpaired) electrons. The highest BCUT2D eigenvalue weighted by Crippen LogP contribution is 2.14. The molecule has 90 valence electrons. The van der Waals surface area contributed by atoms with Gasteiger partial charge in [-0.25, -0.2) is 9.97 Å². The van der Waals surface area contributed by atoms with Gasteiger partial charge < -0.3 is 4.90 Å². The number of carbonyl (C=O) groups is 1. The quantitative estimate of drug-likeness (QED) is 0.850. The number of carbonyl (C=O) groups excluding carboxylic acids is 1. The lowest BCUT2D eigenvalue weighted by Crippen LogP contribution is -2.35. The lowest BCUT2D eigenvalue weighted by Gasteiger charge is -2.21. The van der Waals surface area contributed by atoms with Crippen LogP contribution in [0.15, 0.2) is 17.0 Å². The van der Waals surface area contributed by atoms with Gasteiger partial charge in [-0.15, -0.1) is 0 Å². The minimum atomic E-state index is -0.195. The summed E-state index contributed by atoms with van der Waals surface area (Å²) in [4.78, 5) is 21.5. The summed E-state index contributed by atoms with van der Waals surface area (Å²) in [7, 11) is 0. The standard InChI is InChI=1S/C11H13BrN4O/c1-3-16(6-8(2)4-13)11(17)10-9(12)5-14-7-15-10/h5,7-8H,3,6H2,1-2H3/t8-/m1/s1. The second kappa shape index (κ2) is 6.30. The van der Waals surface area contributed by atoms with Crippen LogP contribution in [0.3, 0.4) is 0 Å². The third-order valence-electron chi connectivity index (χ3n) is 2.25. The maximum Gasteiger partial charge on any atom is 0.273 e. The van der Waals surface area contributed by atoms with Crippen LogP contribution in [0.25, 0.3) is 0 Å². The normalized spacial score (nSPS) is 11.6. The average molecular weight is 297 g/mol. The number of hydrogen-bond donors (Lipinski definition) is 0. The maximum atomic E-state index is 12.1. The van der Waals surface area contributed by atoms with E-state index in [-0.39, 0.29) is 11.8 Å². The first-order valence-corrected chi connectivity index (χ1v) is 6.03. The molecule has 1 amide bonds. The number of aromatic nitrogens is 2. The summed E-state index contributed by atoms with van der Waals surface area (Å²) in [6, 6.07) is 2.11. The fourth-order valence-electron chi connectivity index (χ4n) is 1.35. The molecule has 0 N–H and O–H groups in total. The second-order valence-electron chi connectivity index (χ2n) is 3.59. The highest BCUT2D eigenvalue weighted by atomic mass is 79.9. The van der Waals surface area contributed by atoms with Crippen molar-refractivity contribution in [3.05, 3.63) is 22.7 Å². The zero-order chi connectivity index (χ0) is 12.8. The monoisotopic (exact) mass is 296 g/mol. The van der Waals surface area contributed by atoms with Gasteiger partial charge in [0.2, 0.25) is 0 Å². The molecule has 1 aromatic rings. The zero-order valence-corrected chi connectivity index (χ0v) is 11.3. The van der Waals surface area contributed by atoms with E-state index >= 15 is 0 Å². The van der Waals surface area contributed by atoms with Crippen LogP contribution in [0.4, 0.5) is 0 Å². The molecule has 1 heterocycles. The Bertz CT molecular complexity index is 443. The van der Waals surface area contributed by atoms with Gasteiger partial charge in [-0.2, -0.15) is 5.26 Å². The number of halogens is 1. The highest BCUT2D eigenvalue weighted by molar-refractivity contribution is 9.10. The van der Waals surface area contributed by atoms with Crippen LogP contribution in [0.5, 0.6) is 0 Å². The molecule has 0 saturated carbocycles. The molecule has 0 aliphatic carbocycles. The summed E-state index contributed by atoms with van der Waals surface area (Å²) in [5.41, 5.74) is 0.326. The third-order valence-corrected chi connectivity index (χ3v) is 2.83. The predicted octanol–water partition coefficient (Wildman–Crippen LogP) is 1.86. The fourth-order valence-corrected chi connectivity index (χ4v) is 1.74. The Morgan fingerprint density at radius 1 is 1.71 bits per heavy atom. The fraction of sp³-hybridized carbons (Fsp3) is 0.455. The summed E-state index contributed by atoms with van der Waals surface area (Å²) < 4.78 is 0.563. The van der Waals surface area contributed by atoms with Gasteiger partial charge in [-0.1, -0.05) is 0 Å². The molecule has 0 aliphatic heterocycles. The van der Waals surface area contributed by atoms with Gasteiger partial charge in [0.05, 0.1) is 16.5 Å². The topological polar surface area (TPSA) is 69.9 Å². The van der Waals surface area contributed by atoms with E-state index in [4.69, 9.17) is 5.26 Å². The van der Waals surface area contributed by atoms with Gasteiger partial charge >= 0.3 is 0 Å². The van der Waals surface area contributed by atoms with E-state index in [1.807, 2.05) is 6.92 Å². The minimum absolute atomic E-state index is 0.191. The van der Waals surface area contributed by atoms with E-state index in [0.29, 0.717) is 23.3 Å². The van der Waals surface area contributed by atoms with Gasteiger partial charge in [0, 0.05) is 19.3 Å². The average Bonchev–Trinajstić information content (AvgIpc) is 2.35. The Balaban J connectivity index is 2.88. The van der Waals surface area contributed by atoms with Gasteiger partial charge in [0.1, 0.15) is 12.0 Å². The largest absolute Gasteiger partial charge is 0.336 e. The molecular weight excluding hydrogens is 284 g/mol. The zero-order valence-electron chi connectivity index (χ0n) is 9.72. The molecule has 0 aliphatic rings. The van der Waals surface area contributed by atoms with Gasteiger partial charge in [-0.05, 0) is 29.8 Å². The van der Waals surface area contributed by atoms with Crippen LogP contribution < -0.4 is 0 Å². The van der Waals surface area contributed by atoms with Gasteiger partial charge in [-0.3, -0.25) is 4.79 Å². The van der Waals surface area contributed by atoms with Crippen LogP contribution in [-0.2, 0) is 0 Å². The Kier molecular flexibility index (Phi) is 5.04. The van der Waals surface area contributed by atoms with Crippen molar-refractivity contribution in [2.24, 2.45) is 5.92 Å². The van der Waals surface area contributed by atoms with Crippen molar-refractivity contribution in [3.63, 3.8) is 0 Å². The molecule has 1 atom stereocenters. The Morgan fingerprint density at radius 2 is 2.41 bits per heavy atom. The van der Waals surface area contributed by atoms with Crippen LogP contribution in [0.1, 0.15) is 24.3 Å². The van der Waals surface area contributed by atoms with Gasteiger partial charge in [0.25, 0.3) is 5.91 Å². The smallest absolute Gasteiger partial charge is 0.273 e. The van der Waals surface area contributed by atoms with E-state index in [1.165, 1.54) is 12.5 Å². The summed E-state index contributed by atoms with van der Waals surface area (Å²) >= 11 is 3.24. The Hall–Kier alpha value is -1.48. The van der Waals surface area contributed by atoms with Crippen LogP contribution in [0.2, 0.25) is 0 Å². The van der Waals surface area contributed by atoms with Crippen molar-refractivity contribution in [2.45, 2.75) is 13.8 Å². The van der Waals surface area contributed by atoms with Crippen molar-refractivity contribution in [3.8, 4) is 6.07 Å². The molecule has 1 rings (SSSR count). The lowest BCUT2D eigenvalue weighted by atomic mass is 10.2. The summed E-state index contributed by atoms with van der Waals surface area (Å²) in [6.45, 7) is 4.60. The number of amides is 1. The number of nitriles is 1. The van der Waals surface area contributed by atoms with Crippen molar-refractivity contribution in [1.29, 1.82) is 5.26 Å². The Labute approximate surface area is 109 Å². The van der Waals surface area contributed by atoms with E-state index in [9.17, 15) is 4.79 Å². The molecule has 0 unspecified atom stereocenters. The van der Waals surface area contributed by atoms with E-state index in [2.05, 4.69) is 32.0 Å². The van der Waals surface area contributed by atoms with Crippen LogP contribution in [-0.4, -0.2) is 33.9 Å². The number of nitrogens with zero attached hydrogens (tertiary/aromatic N) is 4. The minimum Gasteiger partial charge on any atom is -0.336 e. The van der Waals surface area contributed by atoms with Crippen molar-refractivity contribution >= 4 is 21.8 Å². The Morgan fingerprint density at radius 3 is 2.94 bits per heavy atom. The number of rotatable bonds is 4. The molecular formula is C11H13BrN4O. The van der Waals surface area contributed by atoms with E-state index in [0.717, 1.165) is 0 Å². The van der Waals surface area contributed by atoms with E-state index in [1.54, 1.807) is 11.8 Å². The predicted molar refractivity (Wildman–Crippen MR) is 66.1 cm³/mol. The molecule has 0 aromatic carbocycles. The second-order valence-corrected chi connectivity index (χ2v) is 4.45. The molecule has 0 saturated heterocycles. The first kappa shape index (κ1) is 13.6. The first-order chi connectivity index (χ1) is 8.10. The summed E-state index contributed by atoms with van der Waals surface area (Å²) in [5.74, 6) is -0.386. The molecule has 17 heavy (non-hydrogen) atoms. The highest BCUT2D eigenvalue weighted by Gasteiger charge is 2.19. The maximum absolute atomic E-state index is 12.1.